The SMILES string of the molecule is CCOc1ccc(NC(=O)C(CN)CC(C)C)cc1CO. The molecule has 1 atom stereocenters. The molecule has 1 unspecified atom stereocenters. The number of nitrogens with two attached hydrogens (primary N) is 1. The summed E-state index contributed by atoms with van der Waals surface area (Å²) in [5, 5.41) is 12.2. The fourth-order valence-corrected chi connectivity index (χ4v) is 2.20. The highest BCUT2D eigenvalue weighted by Gasteiger charge is 2.18. The van der Waals surface area contributed by atoms with Crippen LogP contribution in [0.4, 0.5) is 5.69 Å². The monoisotopic (exact) mass is 294 g/mol. The van der Waals surface area contributed by atoms with Crippen LogP contribution in [0, 0.1) is 11.8 Å². The number of aliphatic hydroxyl groups excluding tert-OH is 1. The summed E-state index contributed by atoms with van der Waals surface area (Å²) in [6.07, 6.45) is 0.756. The van der Waals surface area contributed by atoms with Crippen molar-refractivity contribution in [3.05, 3.63) is 23.8 Å². The Bertz CT molecular complexity index is 461. The van der Waals surface area contributed by atoms with E-state index in [9.17, 15) is 9.90 Å². The van der Waals surface area contributed by atoms with Gasteiger partial charge in [-0.05, 0) is 37.5 Å². The Hall–Kier alpha value is -1.59. The molecule has 4 N–H and O–H groups in total. The van der Waals surface area contributed by atoms with Gasteiger partial charge in [0.15, 0.2) is 0 Å². The van der Waals surface area contributed by atoms with Crippen molar-refractivity contribution < 1.29 is 14.6 Å². The topological polar surface area (TPSA) is 84.6 Å². The summed E-state index contributed by atoms with van der Waals surface area (Å²) in [7, 11) is 0. The number of nitrogens with one attached hydrogen (secondary N) is 1. The van der Waals surface area contributed by atoms with Crippen LogP contribution in [0.5, 0.6) is 5.75 Å². The van der Waals surface area contributed by atoms with Gasteiger partial charge in [0.2, 0.25) is 5.91 Å². The quantitative estimate of drug-likeness (QED) is 0.686. The minimum Gasteiger partial charge on any atom is -0.494 e. The lowest BCUT2D eigenvalue weighted by Gasteiger charge is -2.17. The molecule has 0 radical (unpaired) electrons. The Morgan fingerprint density at radius 2 is 2.14 bits per heavy atom. The third kappa shape index (κ3) is 5.36. The zero-order valence-corrected chi connectivity index (χ0v) is 13.1. The molecule has 21 heavy (non-hydrogen) atoms. The molecule has 0 aromatic heterocycles. The molecule has 5 heteroatoms. The first-order valence-corrected chi connectivity index (χ1v) is 7.39. The Morgan fingerprint density at radius 3 is 2.67 bits per heavy atom. The summed E-state index contributed by atoms with van der Waals surface area (Å²) in [4.78, 5) is 12.2. The molecule has 1 amide bonds. The van der Waals surface area contributed by atoms with E-state index in [2.05, 4.69) is 19.2 Å². The largest absolute Gasteiger partial charge is 0.494 e. The molecule has 0 saturated heterocycles. The molecule has 5 nitrogen and oxygen atoms in total. The molecule has 1 rings (SSSR count). The second-order valence-corrected chi connectivity index (χ2v) is 5.47. The van der Waals surface area contributed by atoms with Crippen molar-refractivity contribution in [3.63, 3.8) is 0 Å². The number of anilines is 1. The number of aliphatic hydroxyl groups is 1. The van der Waals surface area contributed by atoms with E-state index in [-0.39, 0.29) is 18.4 Å². The summed E-state index contributed by atoms with van der Waals surface area (Å²) in [5.74, 6) is 0.765. The van der Waals surface area contributed by atoms with E-state index in [1.807, 2.05) is 6.92 Å². The predicted octanol–water partition coefficient (Wildman–Crippen LogP) is 2.14. The summed E-state index contributed by atoms with van der Waals surface area (Å²) >= 11 is 0. The summed E-state index contributed by atoms with van der Waals surface area (Å²) in [6.45, 7) is 6.74. The van der Waals surface area contributed by atoms with Gasteiger partial charge in [0.05, 0.1) is 19.1 Å². The van der Waals surface area contributed by atoms with E-state index in [0.717, 1.165) is 6.42 Å². The summed E-state index contributed by atoms with van der Waals surface area (Å²) in [5.41, 5.74) is 6.98. The van der Waals surface area contributed by atoms with Gasteiger partial charge < -0.3 is 20.9 Å². The molecular formula is C16H26N2O3. The molecular weight excluding hydrogens is 268 g/mol. The number of ether oxygens (including phenoxy) is 1. The van der Waals surface area contributed by atoms with Crippen LogP contribution in [0.3, 0.4) is 0 Å². The van der Waals surface area contributed by atoms with Crippen LogP contribution in [-0.2, 0) is 11.4 Å². The second kappa shape index (κ2) is 8.64. The fraction of sp³-hybridized carbons (Fsp3) is 0.562. The van der Waals surface area contributed by atoms with E-state index in [4.69, 9.17) is 10.5 Å². The average molecular weight is 294 g/mol. The van der Waals surface area contributed by atoms with Crippen LogP contribution in [0.1, 0.15) is 32.8 Å². The van der Waals surface area contributed by atoms with Crippen molar-refractivity contribution in [1.29, 1.82) is 0 Å². The van der Waals surface area contributed by atoms with Gasteiger partial charge in [0.1, 0.15) is 5.75 Å². The van der Waals surface area contributed by atoms with Gasteiger partial charge in [-0.3, -0.25) is 4.79 Å². The first kappa shape index (κ1) is 17.5. The van der Waals surface area contributed by atoms with Crippen LogP contribution < -0.4 is 15.8 Å². The molecule has 0 bridgehead atoms. The number of carbonyl (C=O) groups is 1. The number of hydrogen-bond acceptors (Lipinski definition) is 4. The lowest BCUT2D eigenvalue weighted by Crippen LogP contribution is -2.30. The van der Waals surface area contributed by atoms with Gasteiger partial charge in [-0.25, -0.2) is 0 Å². The maximum Gasteiger partial charge on any atom is 0.228 e. The number of hydrogen-bond donors (Lipinski definition) is 3. The highest BCUT2D eigenvalue weighted by Crippen LogP contribution is 2.24. The van der Waals surface area contributed by atoms with Crippen LogP contribution >= 0.6 is 0 Å². The average Bonchev–Trinajstić information content (AvgIpc) is 2.46. The Labute approximate surface area is 126 Å². The fourth-order valence-electron chi connectivity index (χ4n) is 2.20. The molecule has 1 aromatic carbocycles. The minimum absolute atomic E-state index is 0.0840. The molecule has 0 fully saturated rings. The van der Waals surface area contributed by atoms with E-state index < -0.39 is 0 Å². The van der Waals surface area contributed by atoms with Gasteiger partial charge in [-0.2, -0.15) is 0 Å². The third-order valence-electron chi connectivity index (χ3n) is 3.21. The number of carbonyl (C=O) groups excluding carboxylic acids is 1. The molecule has 0 aliphatic heterocycles. The molecule has 0 spiro atoms. The molecule has 0 aliphatic carbocycles. The van der Waals surface area contributed by atoms with E-state index in [1.165, 1.54) is 0 Å². The van der Waals surface area contributed by atoms with E-state index >= 15 is 0 Å². The van der Waals surface area contributed by atoms with Crippen molar-refractivity contribution in [2.45, 2.75) is 33.8 Å². The molecule has 0 aliphatic rings. The molecule has 118 valence electrons. The van der Waals surface area contributed by atoms with Crippen LogP contribution in [0.15, 0.2) is 18.2 Å². The maximum absolute atomic E-state index is 12.2. The minimum atomic E-state index is -0.200. The lowest BCUT2D eigenvalue weighted by atomic mass is 9.96. The van der Waals surface area contributed by atoms with Gasteiger partial charge >= 0.3 is 0 Å². The van der Waals surface area contributed by atoms with Crippen LogP contribution in [-0.4, -0.2) is 24.2 Å². The number of benzene rings is 1. The zero-order chi connectivity index (χ0) is 15.8. The smallest absolute Gasteiger partial charge is 0.228 e. The van der Waals surface area contributed by atoms with Gasteiger partial charge in [-0.1, -0.05) is 13.8 Å². The van der Waals surface area contributed by atoms with E-state index in [1.54, 1.807) is 18.2 Å². The predicted molar refractivity (Wildman–Crippen MR) is 84.2 cm³/mol. The van der Waals surface area contributed by atoms with Crippen LogP contribution in [0.2, 0.25) is 0 Å². The first-order chi connectivity index (χ1) is 10.0. The Kier molecular flexibility index (Phi) is 7.19. The molecule has 0 saturated carbocycles. The summed E-state index contributed by atoms with van der Waals surface area (Å²) < 4.78 is 5.42. The maximum atomic E-state index is 12.2. The van der Waals surface area contributed by atoms with Gasteiger partial charge in [0.25, 0.3) is 0 Å². The Morgan fingerprint density at radius 1 is 1.43 bits per heavy atom. The third-order valence-corrected chi connectivity index (χ3v) is 3.21. The first-order valence-electron chi connectivity index (χ1n) is 7.39. The van der Waals surface area contributed by atoms with Crippen molar-refractivity contribution in [3.8, 4) is 5.75 Å². The molecule has 1 aromatic rings. The van der Waals surface area contributed by atoms with Gasteiger partial charge in [0, 0.05) is 17.8 Å². The van der Waals surface area contributed by atoms with Crippen molar-refractivity contribution in [2.24, 2.45) is 17.6 Å². The van der Waals surface area contributed by atoms with Crippen molar-refractivity contribution in [1.82, 2.24) is 0 Å². The molecule has 0 heterocycles. The highest BCUT2D eigenvalue weighted by molar-refractivity contribution is 5.92. The second-order valence-electron chi connectivity index (χ2n) is 5.47. The lowest BCUT2D eigenvalue weighted by molar-refractivity contribution is -0.120. The van der Waals surface area contributed by atoms with E-state index in [0.29, 0.717) is 36.1 Å². The standard InChI is InChI=1S/C16H26N2O3/c1-4-21-15-6-5-14(8-13(15)10-19)18-16(20)12(9-17)7-11(2)3/h5-6,8,11-12,19H,4,7,9-10,17H2,1-3H3,(H,18,20). The summed E-state index contributed by atoms with van der Waals surface area (Å²) in [6, 6.07) is 5.25. The number of amides is 1. The van der Waals surface area contributed by atoms with Crippen molar-refractivity contribution >= 4 is 11.6 Å². The van der Waals surface area contributed by atoms with Gasteiger partial charge in [-0.15, -0.1) is 0 Å². The van der Waals surface area contributed by atoms with Crippen molar-refractivity contribution in [2.75, 3.05) is 18.5 Å². The highest BCUT2D eigenvalue weighted by atomic mass is 16.5. The Balaban J connectivity index is 2.80. The number of rotatable bonds is 8. The normalized spacial score (nSPS) is 12.3. The van der Waals surface area contributed by atoms with Crippen LogP contribution in [0.25, 0.3) is 0 Å². The zero-order valence-electron chi connectivity index (χ0n) is 13.1.